The highest BCUT2D eigenvalue weighted by Gasteiger charge is 2.33. The van der Waals surface area contributed by atoms with E-state index in [4.69, 9.17) is 10.00 Å². The SMILES string of the molecule is CC(C#N)N1CCN(CC2CCC(C)(C)O2)CC1. The molecule has 18 heavy (non-hydrogen) atoms. The van der Waals surface area contributed by atoms with Gasteiger partial charge >= 0.3 is 0 Å². The van der Waals surface area contributed by atoms with Gasteiger partial charge in [-0.1, -0.05) is 0 Å². The molecule has 0 aromatic rings. The summed E-state index contributed by atoms with van der Waals surface area (Å²) in [4.78, 5) is 4.74. The van der Waals surface area contributed by atoms with Crippen LogP contribution < -0.4 is 0 Å². The van der Waals surface area contributed by atoms with Gasteiger partial charge in [0.2, 0.25) is 0 Å². The molecule has 0 N–H and O–H groups in total. The van der Waals surface area contributed by atoms with Gasteiger partial charge < -0.3 is 4.74 Å². The molecule has 102 valence electrons. The summed E-state index contributed by atoms with van der Waals surface area (Å²) in [5.41, 5.74) is 0.0712. The van der Waals surface area contributed by atoms with E-state index in [2.05, 4.69) is 29.7 Å². The molecule has 2 fully saturated rings. The van der Waals surface area contributed by atoms with Gasteiger partial charge in [0.05, 0.1) is 23.8 Å². The second-order valence-electron chi connectivity index (χ2n) is 6.18. The van der Waals surface area contributed by atoms with Crippen LogP contribution in [-0.2, 0) is 4.74 Å². The Morgan fingerprint density at radius 3 is 2.50 bits per heavy atom. The topological polar surface area (TPSA) is 39.5 Å². The fourth-order valence-electron chi connectivity index (χ4n) is 2.91. The Hall–Kier alpha value is -0.630. The van der Waals surface area contributed by atoms with Crippen molar-refractivity contribution >= 4 is 0 Å². The summed E-state index contributed by atoms with van der Waals surface area (Å²) in [5, 5.41) is 8.92. The number of ether oxygens (including phenoxy) is 1. The lowest BCUT2D eigenvalue weighted by Crippen LogP contribution is -2.50. The lowest BCUT2D eigenvalue weighted by atomic mass is 10.1. The van der Waals surface area contributed by atoms with E-state index < -0.39 is 0 Å². The Kier molecular flexibility index (Phi) is 4.26. The Labute approximate surface area is 110 Å². The molecule has 0 aliphatic carbocycles. The molecule has 4 nitrogen and oxygen atoms in total. The molecule has 0 saturated carbocycles. The maximum absolute atomic E-state index is 8.92. The second-order valence-corrected chi connectivity index (χ2v) is 6.18. The summed E-state index contributed by atoms with van der Waals surface area (Å²) in [6, 6.07) is 2.37. The smallest absolute Gasteiger partial charge is 0.0950 e. The Morgan fingerprint density at radius 1 is 1.33 bits per heavy atom. The standard InChI is InChI=1S/C14H25N3O/c1-12(10-15)17-8-6-16(7-9-17)11-13-4-5-14(2,3)18-13/h12-13H,4-9,11H2,1-3H3. The van der Waals surface area contributed by atoms with Crippen LogP contribution in [0.15, 0.2) is 0 Å². The van der Waals surface area contributed by atoms with E-state index >= 15 is 0 Å². The fourth-order valence-corrected chi connectivity index (χ4v) is 2.91. The number of piperazine rings is 1. The minimum atomic E-state index is 0.0498. The lowest BCUT2D eigenvalue weighted by molar-refractivity contribution is -0.0341. The van der Waals surface area contributed by atoms with Crippen LogP contribution in [0.2, 0.25) is 0 Å². The van der Waals surface area contributed by atoms with E-state index in [0.29, 0.717) is 6.10 Å². The summed E-state index contributed by atoms with van der Waals surface area (Å²) in [5.74, 6) is 0. The molecular formula is C14H25N3O. The number of nitriles is 1. The molecule has 2 aliphatic heterocycles. The van der Waals surface area contributed by atoms with Crippen LogP contribution >= 0.6 is 0 Å². The average molecular weight is 251 g/mol. The third-order valence-corrected chi connectivity index (χ3v) is 4.16. The monoisotopic (exact) mass is 251 g/mol. The zero-order valence-electron chi connectivity index (χ0n) is 11.9. The summed E-state index contributed by atoms with van der Waals surface area (Å²) in [6.45, 7) is 11.5. The van der Waals surface area contributed by atoms with E-state index in [9.17, 15) is 0 Å². The van der Waals surface area contributed by atoms with Crippen molar-refractivity contribution in [3.63, 3.8) is 0 Å². The van der Waals surface area contributed by atoms with Crippen LogP contribution in [0, 0.1) is 11.3 Å². The van der Waals surface area contributed by atoms with Crippen LogP contribution in [0.1, 0.15) is 33.6 Å². The van der Waals surface area contributed by atoms with Crippen molar-refractivity contribution < 1.29 is 4.74 Å². The molecule has 2 saturated heterocycles. The highest BCUT2D eigenvalue weighted by Crippen LogP contribution is 2.29. The van der Waals surface area contributed by atoms with Crippen molar-refractivity contribution in [2.75, 3.05) is 32.7 Å². The van der Waals surface area contributed by atoms with E-state index in [1.54, 1.807) is 0 Å². The third-order valence-electron chi connectivity index (χ3n) is 4.16. The van der Waals surface area contributed by atoms with Gasteiger partial charge in [0.15, 0.2) is 0 Å². The molecule has 0 aromatic carbocycles. The zero-order valence-corrected chi connectivity index (χ0v) is 11.9. The molecule has 2 aliphatic rings. The van der Waals surface area contributed by atoms with Crippen molar-refractivity contribution in [1.82, 2.24) is 9.80 Å². The van der Waals surface area contributed by atoms with E-state index in [1.165, 1.54) is 12.8 Å². The highest BCUT2D eigenvalue weighted by molar-refractivity contribution is 4.91. The number of rotatable bonds is 3. The maximum Gasteiger partial charge on any atom is 0.0950 e. The van der Waals surface area contributed by atoms with Gasteiger partial charge in [-0.25, -0.2) is 0 Å². The fraction of sp³-hybridized carbons (Fsp3) is 0.929. The van der Waals surface area contributed by atoms with Gasteiger partial charge in [-0.3, -0.25) is 9.80 Å². The molecule has 0 radical (unpaired) electrons. The van der Waals surface area contributed by atoms with Gasteiger partial charge in [-0.05, 0) is 33.6 Å². The van der Waals surface area contributed by atoms with Crippen LogP contribution in [0.5, 0.6) is 0 Å². The van der Waals surface area contributed by atoms with Crippen molar-refractivity contribution in [3.05, 3.63) is 0 Å². The Morgan fingerprint density at radius 2 is 2.00 bits per heavy atom. The Balaban J connectivity index is 1.73. The van der Waals surface area contributed by atoms with Gasteiger partial charge in [0.25, 0.3) is 0 Å². The first-order valence-electron chi connectivity index (χ1n) is 7.04. The summed E-state index contributed by atoms with van der Waals surface area (Å²) in [7, 11) is 0. The molecule has 0 aromatic heterocycles. The number of hydrogen-bond acceptors (Lipinski definition) is 4. The van der Waals surface area contributed by atoms with Crippen molar-refractivity contribution in [2.45, 2.75) is 51.4 Å². The predicted octanol–water partition coefficient (Wildman–Crippen LogP) is 1.47. The molecule has 2 unspecified atom stereocenters. The quantitative estimate of drug-likeness (QED) is 0.761. The van der Waals surface area contributed by atoms with Crippen LogP contribution in [0.25, 0.3) is 0 Å². The molecule has 0 bridgehead atoms. The molecule has 2 atom stereocenters. The normalized spacial score (nSPS) is 31.1. The summed E-state index contributed by atoms with van der Waals surface area (Å²) >= 11 is 0. The van der Waals surface area contributed by atoms with Gasteiger partial charge in [0.1, 0.15) is 0 Å². The number of hydrogen-bond donors (Lipinski definition) is 0. The summed E-state index contributed by atoms with van der Waals surface area (Å²) < 4.78 is 6.04. The van der Waals surface area contributed by atoms with Gasteiger partial charge in [-0.2, -0.15) is 5.26 Å². The predicted molar refractivity (Wildman–Crippen MR) is 71.3 cm³/mol. The highest BCUT2D eigenvalue weighted by atomic mass is 16.5. The molecule has 2 heterocycles. The first kappa shape index (κ1) is 13.8. The second kappa shape index (κ2) is 5.56. The van der Waals surface area contributed by atoms with Crippen molar-refractivity contribution in [2.24, 2.45) is 0 Å². The van der Waals surface area contributed by atoms with Gasteiger partial charge in [0, 0.05) is 32.7 Å². The number of nitrogens with zero attached hydrogens (tertiary/aromatic N) is 3. The Bertz CT molecular complexity index is 315. The average Bonchev–Trinajstić information content (AvgIpc) is 2.68. The first-order valence-corrected chi connectivity index (χ1v) is 7.04. The van der Waals surface area contributed by atoms with E-state index in [-0.39, 0.29) is 11.6 Å². The molecule has 0 amide bonds. The van der Waals surface area contributed by atoms with Crippen LogP contribution in [0.4, 0.5) is 0 Å². The first-order chi connectivity index (χ1) is 8.50. The molecular weight excluding hydrogens is 226 g/mol. The molecule has 4 heteroatoms. The van der Waals surface area contributed by atoms with Crippen molar-refractivity contribution in [1.29, 1.82) is 5.26 Å². The van der Waals surface area contributed by atoms with E-state index in [1.807, 2.05) is 6.92 Å². The van der Waals surface area contributed by atoms with E-state index in [0.717, 1.165) is 32.7 Å². The maximum atomic E-state index is 8.92. The van der Waals surface area contributed by atoms with Crippen molar-refractivity contribution in [3.8, 4) is 6.07 Å². The van der Waals surface area contributed by atoms with Crippen LogP contribution in [-0.4, -0.2) is 60.3 Å². The van der Waals surface area contributed by atoms with Gasteiger partial charge in [-0.15, -0.1) is 0 Å². The lowest BCUT2D eigenvalue weighted by Gasteiger charge is -2.37. The zero-order chi connectivity index (χ0) is 13.2. The minimum Gasteiger partial charge on any atom is -0.371 e. The minimum absolute atomic E-state index is 0.0498. The summed E-state index contributed by atoms with van der Waals surface area (Å²) in [6.07, 6.45) is 2.75. The van der Waals surface area contributed by atoms with Crippen LogP contribution in [0.3, 0.4) is 0 Å². The molecule has 2 rings (SSSR count). The third kappa shape index (κ3) is 3.44. The largest absolute Gasteiger partial charge is 0.371 e. The molecule has 0 spiro atoms.